The maximum Gasteiger partial charge on any atom is 0.410 e. The van der Waals surface area contributed by atoms with E-state index in [9.17, 15) is 13.6 Å². The monoisotopic (exact) mass is 249 g/mol. The molecule has 0 radical (unpaired) electrons. The lowest BCUT2D eigenvalue weighted by molar-refractivity contribution is 0.0292. The summed E-state index contributed by atoms with van der Waals surface area (Å²) < 4.78 is 28.4. The normalized spacial score (nSPS) is 23.2. The number of nitrogens with zero attached hydrogens (tertiary/aromatic N) is 1. The molecule has 16 heavy (non-hydrogen) atoms. The van der Waals surface area contributed by atoms with Crippen LogP contribution < -0.4 is 4.72 Å². The van der Waals surface area contributed by atoms with Gasteiger partial charge in [0.15, 0.2) is 0 Å². The van der Waals surface area contributed by atoms with Crippen molar-refractivity contribution in [2.24, 2.45) is 0 Å². The topological polar surface area (TPSA) is 81.7 Å². The Morgan fingerprint density at radius 1 is 1.56 bits per heavy atom. The fourth-order valence-electron chi connectivity index (χ4n) is 1.48. The third-order valence-corrected chi connectivity index (χ3v) is 2.63. The highest BCUT2D eigenvalue weighted by molar-refractivity contribution is 7.77. The van der Waals surface area contributed by atoms with Gasteiger partial charge in [-0.05, 0) is 27.2 Å². The van der Waals surface area contributed by atoms with E-state index in [-0.39, 0.29) is 6.04 Å². The first-order valence-electron chi connectivity index (χ1n) is 5.11. The summed E-state index contributed by atoms with van der Waals surface area (Å²) in [6.45, 7) is 6.27. The number of carbonyl (C=O) groups is 1. The van der Waals surface area contributed by atoms with Gasteiger partial charge in [-0.15, -0.1) is 0 Å². The predicted octanol–water partition coefficient (Wildman–Crippen LogP) is 0.380. The molecule has 0 aromatic rings. The Morgan fingerprint density at radius 3 is 2.69 bits per heavy atom. The second-order valence-corrected chi connectivity index (χ2v) is 5.47. The van der Waals surface area contributed by atoms with Gasteiger partial charge in [-0.2, -0.15) is 0 Å². The molecular weight excluding hydrogens is 232 g/mol. The molecule has 0 aromatic carbocycles. The van der Waals surface area contributed by atoms with Gasteiger partial charge in [0.05, 0.1) is 0 Å². The number of ether oxygens (including phenoxy) is 1. The maximum absolute atomic E-state index is 11.6. The van der Waals surface area contributed by atoms with E-state index in [0.717, 1.165) is 0 Å². The lowest BCUT2D eigenvalue weighted by Crippen LogP contribution is -2.38. The summed E-state index contributed by atoms with van der Waals surface area (Å²) in [5, 5.41) is 0. The average Bonchev–Trinajstić information content (AvgIpc) is 2.48. The van der Waals surface area contributed by atoms with E-state index >= 15 is 0 Å². The fraction of sp³-hybridized carbons (Fsp3) is 0.889. The predicted molar refractivity (Wildman–Crippen MR) is 58.3 cm³/mol. The number of hydrogen-bond donors (Lipinski definition) is 1. The summed E-state index contributed by atoms with van der Waals surface area (Å²) >= 11 is -2.28. The van der Waals surface area contributed by atoms with Crippen molar-refractivity contribution < 1.29 is 18.3 Å². The van der Waals surface area contributed by atoms with Crippen molar-refractivity contribution in [1.29, 1.82) is 0 Å². The Hall–Kier alpha value is -0.660. The van der Waals surface area contributed by atoms with Crippen LogP contribution in [0.2, 0.25) is 0 Å². The molecular formula is C9H17N2O4S-. The minimum Gasteiger partial charge on any atom is -0.760 e. The minimum atomic E-state index is -2.28. The minimum absolute atomic E-state index is 0.203. The molecule has 1 aliphatic rings. The first-order valence-corrected chi connectivity index (χ1v) is 6.19. The van der Waals surface area contributed by atoms with Crippen LogP contribution in [0.1, 0.15) is 27.2 Å². The van der Waals surface area contributed by atoms with Gasteiger partial charge in [0.1, 0.15) is 5.60 Å². The van der Waals surface area contributed by atoms with Crippen molar-refractivity contribution in [1.82, 2.24) is 9.62 Å². The molecule has 0 aromatic heterocycles. The zero-order chi connectivity index (χ0) is 12.3. The second kappa shape index (κ2) is 5.11. The number of amides is 1. The quantitative estimate of drug-likeness (QED) is 0.717. The van der Waals surface area contributed by atoms with Gasteiger partial charge in [0, 0.05) is 30.4 Å². The van der Waals surface area contributed by atoms with E-state index in [4.69, 9.17) is 4.74 Å². The van der Waals surface area contributed by atoms with Crippen LogP contribution in [0.4, 0.5) is 4.79 Å². The summed E-state index contributed by atoms with van der Waals surface area (Å²) in [6, 6.07) is -0.203. The van der Waals surface area contributed by atoms with Gasteiger partial charge in [-0.3, -0.25) is 4.21 Å². The molecule has 7 heteroatoms. The van der Waals surface area contributed by atoms with Crippen molar-refractivity contribution in [3.63, 3.8) is 0 Å². The fourth-order valence-corrected chi connectivity index (χ4v) is 1.95. The zero-order valence-electron chi connectivity index (χ0n) is 9.69. The molecule has 1 N–H and O–H groups in total. The third-order valence-electron chi connectivity index (χ3n) is 2.10. The molecule has 0 saturated carbocycles. The van der Waals surface area contributed by atoms with Crippen molar-refractivity contribution in [2.75, 3.05) is 13.1 Å². The second-order valence-electron chi connectivity index (χ2n) is 4.76. The first-order chi connectivity index (χ1) is 7.28. The van der Waals surface area contributed by atoms with E-state index in [1.807, 2.05) is 0 Å². The standard InChI is InChI=1S/C9H18N2O4S/c1-9(2,3)15-8(12)11-5-4-7(6-11)10-16(13)14/h7,10H,4-6H2,1-3H3,(H,13,14)/p-1. The molecule has 1 fully saturated rings. The number of hydrogen-bond acceptors (Lipinski definition) is 4. The van der Waals surface area contributed by atoms with Crippen LogP contribution in [0.25, 0.3) is 0 Å². The molecule has 6 nitrogen and oxygen atoms in total. The van der Waals surface area contributed by atoms with Crippen LogP contribution in [0, 0.1) is 0 Å². The SMILES string of the molecule is CC(C)(C)OC(=O)N1CCC(NS(=O)[O-])C1. The van der Waals surface area contributed by atoms with Gasteiger partial charge in [0.2, 0.25) is 0 Å². The average molecular weight is 249 g/mol. The molecule has 1 rings (SSSR count). The zero-order valence-corrected chi connectivity index (χ0v) is 10.5. The number of likely N-dealkylation sites (tertiary alicyclic amines) is 1. The maximum atomic E-state index is 11.6. The third kappa shape index (κ3) is 4.46. The first kappa shape index (κ1) is 13.4. The summed E-state index contributed by atoms with van der Waals surface area (Å²) in [5.41, 5.74) is -0.524. The molecule has 2 unspecified atom stereocenters. The molecule has 1 amide bonds. The van der Waals surface area contributed by atoms with E-state index < -0.39 is 23.0 Å². The van der Waals surface area contributed by atoms with E-state index in [1.165, 1.54) is 4.90 Å². The lowest BCUT2D eigenvalue weighted by Gasteiger charge is -2.24. The van der Waals surface area contributed by atoms with Crippen molar-refractivity contribution >= 4 is 17.4 Å². The van der Waals surface area contributed by atoms with Gasteiger partial charge >= 0.3 is 6.09 Å². The van der Waals surface area contributed by atoms with Crippen LogP contribution in [-0.2, 0) is 16.0 Å². The van der Waals surface area contributed by atoms with Gasteiger partial charge in [-0.25, -0.2) is 9.52 Å². The van der Waals surface area contributed by atoms with Crippen LogP contribution in [0.5, 0.6) is 0 Å². The molecule has 2 atom stereocenters. The molecule has 1 aliphatic heterocycles. The Labute approximate surface area is 97.8 Å². The van der Waals surface area contributed by atoms with Crippen LogP contribution in [-0.4, -0.2) is 44.5 Å². The number of nitrogens with one attached hydrogen (secondary N) is 1. The smallest absolute Gasteiger partial charge is 0.410 e. The molecule has 1 heterocycles. The Balaban J connectivity index is 2.41. The molecule has 0 bridgehead atoms. The van der Waals surface area contributed by atoms with Crippen LogP contribution in [0.3, 0.4) is 0 Å². The molecule has 94 valence electrons. The summed E-state index contributed by atoms with van der Waals surface area (Å²) in [7, 11) is 0. The Morgan fingerprint density at radius 2 is 2.19 bits per heavy atom. The van der Waals surface area contributed by atoms with E-state index in [0.29, 0.717) is 19.5 Å². The van der Waals surface area contributed by atoms with Crippen molar-refractivity contribution in [3.8, 4) is 0 Å². The number of carbonyl (C=O) groups excluding carboxylic acids is 1. The van der Waals surface area contributed by atoms with Crippen LogP contribution >= 0.6 is 0 Å². The highest BCUT2D eigenvalue weighted by Gasteiger charge is 2.29. The van der Waals surface area contributed by atoms with Crippen molar-refractivity contribution in [3.05, 3.63) is 0 Å². The Bertz CT molecular complexity index is 290. The van der Waals surface area contributed by atoms with Crippen molar-refractivity contribution in [2.45, 2.75) is 38.8 Å². The summed E-state index contributed by atoms with van der Waals surface area (Å²) in [6.07, 6.45) is 0.223. The number of rotatable bonds is 2. The van der Waals surface area contributed by atoms with E-state index in [2.05, 4.69) is 4.72 Å². The molecule has 0 spiro atoms. The lowest BCUT2D eigenvalue weighted by atomic mass is 10.2. The van der Waals surface area contributed by atoms with E-state index in [1.54, 1.807) is 20.8 Å². The summed E-state index contributed by atoms with van der Waals surface area (Å²) in [5.74, 6) is 0. The van der Waals surface area contributed by atoms with Gasteiger partial charge < -0.3 is 14.2 Å². The highest BCUT2D eigenvalue weighted by atomic mass is 32.2. The van der Waals surface area contributed by atoms with Gasteiger partial charge in [0.25, 0.3) is 0 Å². The highest BCUT2D eigenvalue weighted by Crippen LogP contribution is 2.15. The molecule has 1 saturated heterocycles. The largest absolute Gasteiger partial charge is 0.760 e. The summed E-state index contributed by atoms with van der Waals surface area (Å²) in [4.78, 5) is 13.1. The Kier molecular flexibility index (Phi) is 4.28. The van der Waals surface area contributed by atoms with Crippen LogP contribution in [0.15, 0.2) is 0 Å². The van der Waals surface area contributed by atoms with Gasteiger partial charge in [-0.1, -0.05) is 0 Å². The molecule has 0 aliphatic carbocycles.